The average molecular weight is 289 g/mol. The maximum Gasteiger partial charge on any atom is 0.229 e. The Morgan fingerprint density at radius 2 is 1.95 bits per heavy atom. The van der Waals surface area contributed by atoms with Crippen molar-refractivity contribution in [2.24, 2.45) is 0 Å². The molecule has 1 aliphatic heterocycles. The predicted octanol–water partition coefficient (Wildman–Crippen LogP) is 2.76. The molecule has 21 heavy (non-hydrogen) atoms. The molecule has 1 spiro atoms. The number of hydrogen-bond acceptors (Lipinski definition) is 3. The summed E-state index contributed by atoms with van der Waals surface area (Å²) in [5.74, 6) is 0.999. The third-order valence-corrected chi connectivity index (χ3v) is 4.63. The van der Waals surface area contributed by atoms with Crippen molar-refractivity contribution in [3.05, 3.63) is 29.8 Å². The Kier molecular flexibility index (Phi) is 4.15. The van der Waals surface area contributed by atoms with Gasteiger partial charge in [-0.2, -0.15) is 0 Å². The molecule has 1 aliphatic carbocycles. The van der Waals surface area contributed by atoms with Crippen LogP contribution in [-0.4, -0.2) is 36.8 Å². The second-order valence-corrected chi connectivity index (χ2v) is 5.93. The van der Waals surface area contributed by atoms with Crippen molar-refractivity contribution in [2.45, 2.75) is 44.2 Å². The molecule has 1 amide bonds. The number of amides is 1. The Hall–Kier alpha value is -1.55. The monoisotopic (exact) mass is 289 g/mol. The summed E-state index contributed by atoms with van der Waals surface area (Å²) >= 11 is 0. The molecule has 1 aromatic carbocycles. The third-order valence-electron chi connectivity index (χ3n) is 4.63. The Bertz CT molecular complexity index is 491. The average Bonchev–Trinajstić information content (AvgIpc) is 2.92. The number of ether oxygens (including phenoxy) is 2. The smallest absolute Gasteiger partial charge is 0.229 e. The highest BCUT2D eigenvalue weighted by Gasteiger charge is 2.45. The highest BCUT2D eigenvalue weighted by molar-refractivity contribution is 5.79. The first kappa shape index (κ1) is 14.4. The number of rotatable bonds is 3. The summed E-state index contributed by atoms with van der Waals surface area (Å²) in [4.78, 5) is 14.6. The van der Waals surface area contributed by atoms with Crippen LogP contribution < -0.4 is 4.74 Å². The van der Waals surface area contributed by atoms with Crippen LogP contribution in [0.1, 0.15) is 37.7 Å². The number of hydrogen-bond donors (Lipinski definition) is 0. The van der Waals surface area contributed by atoms with Crippen LogP contribution in [0.15, 0.2) is 24.3 Å². The first-order valence-corrected chi connectivity index (χ1v) is 7.81. The zero-order chi connectivity index (χ0) is 14.7. The van der Waals surface area contributed by atoms with Gasteiger partial charge in [0.15, 0.2) is 0 Å². The molecule has 0 atom stereocenters. The van der Waals surface area contributed by atoms with E-state index < -0.39 is 0 Å². The van der Waals surface area contributed by atoms with Crippen LogP contribution in [0.4, 0.5) is 0 Å². The Labute approximate surface area is 126 Å². The molecule has 0 unspecified atom stereocenters. The lowest BCUT2D eigenvalue weighted by Gasteiger charge is -2.40. The molecule has 4 nitrogen and oxygen atoms in total. The van der Waals surface area contributed by atoms with Crippen LogP contribution in [0, 0.1) is 0 Å². The quantitative estimate of drug-likeness (QED) is 0.859. The van der Waals surface area contributed by atoms with Gasteiger partial charge in [0.2, 0.25) is 5.91 Å². The molecule has 1 aromatic rings. The van der Waals surface area contributed by atoms with Crippen LogP contribution in [0.3, 0.4) is 0 Å². The van der Waals surface area contributed by atoms with E-state index in [0.717, 1.165) is 43.5 Å². The van der Waals surface area contributed by atoms with Crippen molar-refractivity contribution in [1.29, 1.82) is 0 Å². The topological polar surface area (TPSA) is 38.8 Å². The van der Waals surface area contributed by atoms with Crippen LogP contribution in [-0.2, 0) is 16.0 Å². The fraction of sp³-hybridized carbons (Fsp3) is 0.588. The molecule has 2 aliphatic rings. The summed E-state index contributed by atoms with van der Waals surface area (Å²) in [6.07, 6.45) is 5.99. The second-order valence-electron chi connectivity index (χ2n) is 5.93. The second kappa shape index (κ2) is 6.06. The lowest BCUT2D eigenvalue weighted by atomic mass is 9.90. The largest absolute Gasteiger partial charge is 0.497 e. The Balaban J connectivity index is 1.68. The standard InChI is InChI=1S/C17H23NO3/c1-20-15-7-5-14(6-8-15)13-16(19)18-11-12-21-17(18)9-3-2-4-10-17/h5-8H,2-4,9-13H2,1H3. The highest BCUT2D eigenvalue weighted by atomic mass is 16.5. The zero-order valence-electron chi connectivity index (χ0n) is 12.6. The normalized spacial score (nSPS) is 20.7. The molecule has 114 valence electrons. The first-order valence-electron chi connectivity index (χ1n) is 7.81. The first-order chi connectivity index (χ1) is 10.2. The van der Waals surface area contributed by atoms with Gasteiger partial charge in [-0.25, -0.2) is 0 Å². The maximum atomic E-state index is 12.7. The van der Waals surface area contributed by atoms with Crippen LogP contribution in [0.5, 0.6) is 5.75 Å². The van der Waals surface area contributed by atoms with Gasteiger partial charge in [-0.1, -0.05) is 18.6 Å². The minimum Gasteiger partial charge on any atom is -0.497 e. The molecular weight excluding hydrogens is 266 g/mol. The van der Waals surface area contributed by atoms with E-state index >= 15 is 0 Å². The van der Waals surface area contributed by atoms with Gasteiger partial charge in [-0.3, -0.25) is 4.79 Å². The fourth-order valence-electron chi connectivity index (χ4n) is 3.49. The lowest BCUT2D eigenvalue weighted by molar-refractivity contribution is -0.154. The summed E-state index contributed by atoms with van der Waals surface area (Å²) in [6, 6.07) is 7.72. The van der Waals surface area contributed by atoms with Gasteiger partial charge in [0, 0.05) is 6.54 Å². The van der Waals surface area contributed by atoms with Gasteiger partial charge in [0.1, 0.15) is 11.5 Å². The summed E-state index contributed by atoms with van der Waals surface area (Å²) in [5, 5.41) is 0. The van der Waals surface area contributed by atoms with Crippen molar-refractivity contribution in [2.75, 3.05) is 20.3 Å². The molecule has 1 saturated heterocycles. The van der Waals surface area contributed by atoms with Crippen LogP contribution >= 0.6 is 0 Å². The van der Waals surface area contributed by atoms with Crippen molar-refractivity contribution < 1.29 is 14.3 Å². The van der Waals surface area contributed by atoms with Gasteiger partial charge < -0.3 is 14.4 Å². The molecule has 2 fully saturated rings. The minimum absolute atomic E-state index is 0.180. The fourth-order valence-corrected chi connectivity index (χ4v) is 3.49. The Morgan fingerprint density at radius 1 is 1.24 bits per heavy atom. The van der Waals surface area contributed by atoms with E-state index in [4.69, 9.17) is 9.47 Å². The van der Waals surface area contributed by atoms with Crippen molar-refractivity contribution in [3.63, 3.8) is 0 Å². The molecule has 0 radical (unpaired) electrons. The van der Waals surface area contributed by atoms with Crippen LogP contribution in [0.25, 0.3) is 0 Å². The van der Waals surface area contributed by atoms with E-state index in [1.807, 2.05) is 29.2 Å². The minimum atomic E-state index is -0.304. The van der Waals surface area contributed by atoms with Gasteiger partial charge in [0.05, 0.1) is 20.1 Å². The van der Waals surface area contributed by atoms with Gasteiger partial charge >= 0.3 is 0 Å². The molecule has 0 bridgehead atoms. The number of benzene rings is 1. The van der Waals surface area contributed by atoms with E-state index in [1.165, 1.54) is 6.42 Å². The number of methoxy groups -OCH3 is 1. The van der Waals surface area contributed by atoms with Gasteiger partial charge in [-0.15, -0.1) is 0 Å². The molecule has 1 heterocycles. The van der Waals surface area contributed by atoms with E-state index in [9.17, 15) is 4.79 Å². The maximum absolute atomic E-state index is 12.7. The number of nitrogens with zero attached hydrogens (tertiary/aromatic N) is 1. The lowest BCUT2D eigenvalue weighted by Crippen LogP contribution is -2.50. The van der Waals surface area contributed by atoms with Crippen LogP contribution in [0.2, 0.25) is 0 Å². The van der Waals surface area contributed by atoms with Crippen molar-refractivity contribution in [1.82, 2.24) is 4.90 Å². The molecule has 0 aromatic heterocycles. The van der Waals surface area contributed by atoms with E-state index in [-0.39, 0.29) is 11.6 Å². The zero-order valence-corrected chi connectivity index (χ0v) is 12.6. The summed E-state index contributed by atoms with van der Waals surface area (Å²) in [7, 11) is 1.65. The van der Waals surface area contributed by atoms with Gasteiger partial charge in [0.25, 0.3) is 0 Å². The number of carbonyl (C=O) groups is 1. The molecule has 0 N–H and O–H groups in total. The van der Waals surface area contributed by atoms with Crippen molar-refractivity contribution >= 4 is 5.91 Å². The van der Waals surface area contributed by atoms with E-state index in [0.29, 0.717) is 13.0 Å². The predicted molar refractivity (Wildman–Crippen MR) is 80.2 cm³/mol. The Morgan fingerprint density at radius 3 is 2.62 bits per heavy atom. The van der Waals surface area contributed by atoms with Crippen molar-refractivity contribution in [3.8, 4) is 5.75 Å². The number of carbonyl (C=O) groups excluding carboxylic acids is 1. The molecule has 3 rings (SSSR count). The third kappa shape index (κ3) is 2.91. The van der Waals surface area contributed by atoms with E-state index in [2.05, 4.69) is 0 Å². The molecule has 1 saturated carbocycles. The van der Waals surface area contributed by atoms with Gasteiger partial charge in [-0.05, 0) is 43.4 Å². The molecular formula is C17H23NO3. The summed E-state index contributed by atoms with van der Waals surface area (Å²) < 4.78 is 11.1. The SMILES string of the molecule is COc1ccc(CC(=O)N2CCOC23CCCCC3)cc1. The molecule has 4 heteroatoms. The highest BCUT2D eigenvalue weighted by Crippen LogP contribution is 2.38. The summed E-state index contributed by atoms with van der Waals surface area (Å²) in [5.41, 5.74) is 0.723. The van der Waals surface area contributed by atoms with E-state index in [1.54, 1.807) is 7.11 Å². The summed E-state index contributed by atoms with van der Waals surface area (Å²) in [6.45, 7) is 1.41.